The van der Waals surface area contributed by atoms with Crippen molar-refractivity contribution in [3.05, 3.63) is 23.8 Å². The fourth-order valence-electron chi connectivity index (χ4n) is 2.31. The van der Waals surface area contributed by atoms with Crippen molar-refractivity contribution in [2.75, 3.05) is 7.11 Å². The molecule has 3 nitrogen and oxygen atoms in total. The Morgan fingerprint density at radius 3 is 2.53 bits per heavy atom. The largest absolute Gasteiger partial charge is 0.493 e. The first kappa shape index (κ1) is 11.8. The Hall–Kier alpha value is -1.69. The van der Waals surface area contributed by atoms with Crippen molar-refractivity contribution < 1.29 is 9.47 Å². The van der Waals surface area contributed by atoms with Gasteiger partial charge in [-0.05, 0) is 44.7 Å². The van der Waals surface area contributed by atoms with E-state index in [1.807, 2.05) is 6.07 Å². The molecule has 0 aliphatic heterocycles. The SMILES string of the molecule is COc1cc(C#N)ccc1OC1(C)CCCC1. The van der Waals surface area contributed by atoms with Crippen LogP contribution >= 0.6 is 0 Å². The van der Waals surface area contributed by atoms with Crippen molar-refractivity contribution in [2.24, 2.45) is 0 Å². The number of benzene rings is 1. The molecule has 1 saturated carbocycles. The standard InChI is InChI=1S/C14H17NO2/c1-14(7-3-4-8-14)17-12-6-5-11(10-15)9-13(12)16-2/h5-6,9H,3-4,7-8H2,1-2H3. The van der Waals surface area contributed by atoms with E-state index in [4.69, 9.17) is 14.7 Å². The Bertz CT molecular complexity index is 442. The Labute approximate surface area is 102 Å². The molecule has 0 N–H and O–H groups in total. The molecule has 0 spiro atoms. The predicted octanol–water partition coefficient (Wildman–Crippen LogP) is 3.28. The number of nitriles is 1. The first-order chi connectivity index (χ1) is 8.17. The van der Waals surface area contributed by atoms with Gasteiger partial charge in [0.05, 0.1) is 18.7 Å². The molecule has 0 saturated heterocycles. The fourth-order valence-corrected chi connectivity index (χ4v) is 2.31. The number of hydrogen-bond donors (Lipinski definition) is 0. The Balaban J connectivity index is 2.23. The van der Waals surface area contributed by atoms with Crippen LogP contribution in [0.2, 0.25) is 0 Å². The Morgan fingerprint density at radius 2 is 1.94 bits per heavy atom. The molecule has 0 amide bonds. The van der Waals surface area contributed by atoms with Crippen LogP contribution < -0.4 is 9.47 Å². The lowest BCUT2D eigenvalue weighted by atomic mass is 10.1. The average Bonchev–Trinajstić information content (AvgIpc) is 2.76. The molecule has 0 atom stereocenters. The minimum atomic E-state index is -0.0819. The summed E-state index contributed by atoms with van der Waals surface area (Å²) in [5, 5.41) is 8.84. The number of methoxy groups -OCH3 is 1. The maximum atomic E-state index is 8.84. The zero-order valence-electron chi connectivity index (χ0n) is 10.3. The van der Waals surface area contributed by atoms with Gasteiger partial charge in [0.15, 0.2) is 11.5 Å². The summed E-state index contributed by atoms with van der Waals surface area (Å²) >= 11 is 0. The van der Waals surface area contributed by atoms with Crippen molar-refractivity contribution in [1.82, 2.24) is 0 Å². The smallest absolute Gasteiger partial charge is 0.162 e. The van der Waals surface area contributed by atoms with Gasteiger partial charge >= 0.3 is 0 Å². The first-order valence-electron chi connectivity index (χ1n) is 5.94. The molecule has 90 valence electrons. The van der Waals surface area contributed by atoms with Crippen molar-refractivity contribution in [3.8, 4) is 17.6 Å². The maximum absolute atomic E-state index is 8.84. The Kier molecular flexibility index (Phi) is 3.23. The second kappa shape index (κ2) is 4.67. The summed E-state index contributed by atoms with van der Waals surface area (Å²) in [6, 6.07) is 7.39. The molecule has 0 aromatic heterocycles. The summed E-state index contributed by atoms with van der Waals surface area (Å²) in [7, 11) is 1.60. The number of ether oxygens (including phenoxy) is 2. The summed E-state index contributed by atoms with van der Waals surface area (Å²) < 4.78 is 11.3. The van der Waals surface area contributed by atoms with Crippen LogP contribution in [-0.4, -0.2) is 12.7 Å². The highest BCUT2D eigenvalue weighted by molar-refractivity contribution is 5.47. The van der Waals surface area contributed by atoms with Gasteiger partial charge in [-0.1, -0.05) is 0 Å². The van der Waals surface area contributed by atoms with E-state index in [-0.39, 0.29) is 5.60 Å². The van der Waals surface area contributed by atoms with Crippen molar-refractivity contribution in [2.45, 2.75) is 38.2 Å². The predicted molar refractivity (Wildman–Crippen MR) is 65.2 cm³/mol. The summed E-state index contributed by atoms with van der Waals surface area (Å²) in [4.78, 5) is 0. The van der Waals surface area contributed by atoms with Crippen LogP contribution in [0.25, 0.3) is 0 Å². The molecule has 0 heterocycles. The molecule has 0 radical (unpaired) electrons. The number of nitrogens with zero attached hydrogens (tertiary/aromatic N) is 1. The van der Waals surface area contributed by atoms with Gasteiger partial charge in [-0.25, -0.2) is 0 Å². The lowest BCUT2D eigenvalue weighted by Gasteiger charge is -2.26. The molecule has 1 aromatic carbocycles. The molecule has 1 fully saturated rings. The van der Waals surface area contributed by atoms with Gasteiger partial charge in [-0.15, -0.1) is 0 Å². The number of rotatable bonds is 3. The van der Waals surface area contributed by atoms with Gasteiger partial charge in [-0.3, -0.25) is 0 Å². The van der Waals surface area contributed by atoms with Crippen LogP contribution in [0, 0.1) is 11.3 Å². The van der Waals surface area contributed by atoms with Gasteiger partial charge < -0.3 is 9.47 Å². The van der Waals surface area contributed by atoms with Crippen LogP contribution in [0.15, 0.2) is 18.2 Å². The molecule has 1 aromatic rings. The van der Waals surface area contributed by atoms with Gasteiger partial charge in [-0.2, -0.15) is 5.26 Å². The lowest BCUT2D eigenvalue weighted by Crippen LogP contribution is -2.28. The van der Waals surface area contributed by atoms with Crippen LogP contribution in [0.1, 0.15) is 38.2 Å². The van der Waals surface area contributed by atoms with Gasteiger partial charge in [0.2, 0.25) is 0 Å². The summed E-state index contributed by atoms with van der Waals surface area (Å²) in [6.07, 6.45) is 4.59. The minimum Gasteiger partial charge on any atom is -0.493 e. The molecule has 17 heavy (non-hydrogen) atoms. The molecular weight excluding hydrogens is 214 g/mol. The molecule has 3 heteroatoms. The fraction of sp³-hybridized carbons (Fsp3) is 0.500. The Morgan fingerprint density at radius 1 is 1.24 bits per heavy atom. The average molecular weight is 231 g/mol. The van der Waals surface area contributed by atoms with E-state index in [0.717, 1.165) is 18.6 Å². The van der Waals surface area contributed by atoms with E-state index in [0.29, 0.717) is 11.3 Å². The zero-order valence-corrected chi connectivity index (χ0v) is 10.3. The third-order valence-electron chi connectivity index (χ3n) is 3.31. The van der Waals surface area contributed by atoms with Gasteiger partial charge in [0.25, 0.3) is 0 Å². The van der Waals surface area contributed by atoms with E-state index in [2.05, 4.69) is 13.0 Å². The van der Waals surface area contributed by atoms with Crippen LogP contribution in [0.3, 0.4) is 0 Å². The monoisotopic (exact) mass is 231 g/mol. The van der Waals surface area contributed by atoms with Crippen molar-refractivity contribution >= 4 is 0 Å². The second-order valence-electron chi connectivity index (χ2n) is 4.74. The van der Waals surface area contributed by atoms with E-state index < -0.39 is 0 Å². The summed E-state index contributed by atoms with van der Waals surface area (Å²) in [5.74, 6) is 1.37. The molecule has 0 unspecified atom stereocenters. The molecule has 1 aliphatic rings. The molecule has 1 aliphatic carbocycles. The maximum Gasteiger partial charge on any atom is 0.162 e. The van der Waals surface area contributed by atoms with Crippen LogP contribution in [0.5, 0.6) is 11.5 Å². The first-order valence-corrected chi connectivity index (χ1v) is 5.94. The van der Waals surface area contributed by atoms with Crippen molar-refractivity contribution in [1.29, 1.82) is 5.26 Å². The van der Waals surface area contributed by atoms with Gasteiger partial charge in [0, 0.05) is 6.07 Å². The van der Waals surface area contributed by atoms with E-state index in [9.17, 15) is 0 Å². The topological polar surface area (TPSA) is 42.2 Å². The highest BCUT2D eigenvalue weighted by Crippen LogP contribution is 2.37. The van der Waals surface area contributed by atoms with Gasteiger partial charge in [0.1, 0.15) is 5.60 Å². The second-order valence-corrected chi connectivity index (χ2v) is 4.74. The van der Waals surface area contributed by atoms with E-state index >= 15 is 0 Å². The third-order valence-corrected chi connectivity index (χ3v) is 3.31. The molecule has 0 bridgehead atoms. The minimum absolute atomic E-state index is 0.0819. The van der Waals surface area contributed by atoms with Crippen LogP contribution in [-0.2, 0) is 0 Å². The third kappa shape index (κ3) is 2.52. The summed E-state index contributed by atoms with van der Waals surface area (Å²) in [5.41, 5.74) is 0.507. The summed E-state index contributed by atoms with van der Waals surface area (Å²) in [6.45, 7) is 2.14. The molecular formula is C14H17NO2. The van der Waals surface area contributed by atoms with E-state index in [1.54, 1.807) is 19.2 Å². The normalized spacial score (nSPS) is 17.5. The van der Waals surface area contributed by atoms with E-state index in [1.165, 1.54) is 12.8 Å². The zero-order chi connectivity index (χ0) is 12.3. The van der Waals surface area contributed by atoms with Crippen LogP contribution in [0.4, 0.5) is 0 Å². The quantitative estimate of drug-likeness (QED) is 0.801. The lowest BCUT2D eigenvalue weighted by molar-refractivity contribution is 0.0927. The highest BCUT2D eigenvalue weighted by atomic mass is 16.5. The van der Waals surface area contributed by atoms with Crippen molar-refractivity contribution in [3.63, 3.8) is 0 Å². The molecule has 2 rings (SSSR count). The number of hydrogen-bond acceptors (Lipinski definition) is 3. The highest BCUT2D eigenvalue weighted by Gasteiger charge is 2.31.